The van der Waals surface area contributed by atoms with Gasteiger partial charge in [-0.15, -0.1) is 0 Å². The van der Waals surface area contributed by atoms with E-state index in [9.17, 15) is 0 Å². The maximum absolute atomic E-state index is 6.56. The van der Waals surface area contributed by atoms with Crippen molar-refractivity contribution in [3.63, 3.8) is 0 Å². The molecule has 0 amide bonds. The van der Waals surface area contributed by atoms with Crippen LogP contribution < -0.4 is 0 Å². The third kappa shape index (κ3) is 9.65. The third-order valence-electron chi connectivity index (χ3n) is 20.3. The molecule has 0 bridgehead atoms. The summed E-state index contributed by atoms with van der Waals surface area (Å²) < 4.78 is 15.1. The third-order valence-corrected chi connectivity index (χ3v) is 20.5. The largest absolute Gasteiger partial charge is 0.455 e. The highest BCUT2D eigenvalue weighted by atomic mass is 35.5. The minimum atomic E-state index is 0.267. The lowest BCUT2D eigenvalue weighted by atomic mass is 9.93. The number of hydrogen-bond donors (Lipinski definition) is 0. The first-order valence-corrected chi connectivity index (χ1v) is 34.4. The van der Waals surface area contributed by atoms with Gasteiger partial charge >= 0.3 is 0 Å². The summed E-state index contributed by atoms with van der Waals surface area (Å²) in [6.07, 6.45) is 1.02. The number of hydrogen-bond acceptors (Lipinski definition) is 6. The molecule has 1 aliphatic carbocycles. The van der Waals surface area contributed by atoms with Crippen molar-refractivity contribution >= 4 is 142 Å². The lowest BCUT2D eigenvalue weighted by Gasteiger charge is -2.13. The van der Waals surface area contributed by atoms with E-state index in [2.05, 4.69) is 257 Å². The molecule has 16 aromatic carbocycles. The number of nitrogens with zero attached hydrogens (tertiary/aromatic N) is 5. The van der Waals surface area contributed by atoms with Crippen molar-refractivity contribution in [3.05, 3.63) is 344 Å². The van der Waals surface area contributed by atoms with Crippen LogP contribution in [0, 0.1) is 0 Å². The summed E-state index contributed by atoms with van der Waals surface area (Å²) in [4.78, 5) is 19.5. The van der Waals surface area contributed by atoms with Crippen molar-refractivity contribution < 1.29 is 8.83 Å². The van der Waals surface area contributed by atoms with E-state index < -0.39 is 0 Å². The molecule has 0 unspecified atom stereocenters. The van der Waals surface area contributed by atoms with E-state index in [0.29, 0.717) is 5.95 Å². The molecule has 21 aromatic rings. The van der Waals surface area contributed by atoms with Gasteiger partial charge in [0.15, 0.2) is 0 Å². The van der Waals surface area contributed by atoms with Gasteiger partial charge in [0.25, 0.3) is 0 Å². The number of halogens is 1. The van der Waals surface area contributed by atoms with Crippen molar-refractivity contribution in [1.29, 1.82) is 0 Å². The van der Waals surface area contributed by atoms with Gasteiger partial charge in [-0.2, -0.15) is 0 Å². The zero-order chi connectivity index (χ0) is 66.7. The second-order valence-electron chi connectivity index (χ2n) is 26.0. The Bertz CT molecular complexity index is 6930. The van der Waals surface area contributed by atoms with E-state index in [-0.39, 0.29) is 5.28 Å². The van der Waals surface area contributed by atoms with Crippen LogP contribution in [0.15, 0.2) is 336 Å². The SMILES string of the molecule is Clc1nc(-c2ccccc2)c2cc(-c3ccccc3)ccc2n1.c1ccc(-c2ccc3nc(-n4c5ccccc5c5c6ccc7ccc8c9ccccc9oc8c7c6ccc54)nc(-c4ccccc4)c3c2)cc1.c1ccc2c(c1)Cc1ccc3c(ccc4ccc5c6ccccc6oc5c43)c1-2. The molecule has 8 heteroatoms. The molecule has 0 saturated heterocycles. The fraction of sp³-hybridized carbons (Fsp3) is 0.0108. The monoisotopic (exact) mass is 1310 g/mol. The van der Waals surface area contributed by atoms with Crippen LogP contribution in [0.25, 0.3) is 192 Å². The zero-order valence-corrected chi connectivity index (χ0v) is 55.1. The van der Waals surface area contributed by atoms with Crippen LogP contribution >= 0.6 is 11.6 Å². The van der Waals surface area contributed by atoms with E-state index in [0.717, 1.165) is 122 Å². The van der Waals surface area contributed by atoms with Crippen LogP contribution in [-0.4, -0.2) is 24.5 Å². The predicted octanol–water partition coefficient (Wildman–Crippen LogP) is 25.3. The summed E-state index contributed by atoms with van der Waals surface area (Å²) in [5.74, 6) is 0.648. The smallest absolute Gasteiger partial charge is 0.235 e. The molecule has 0 spiro atoms. The Balaban J connectivity index is 0.000000113. The molecule has 472 valence electrons. The minimum Gasteiger partial charge on any atom is -0.455 e. The highest BCUT2D eigenvalue weighted by Gasteiger charge is 2.25. The van der Waals surface area contributed by atoms with Gasteiger partial charge in [-0.1, -0.05) is 267 Å². The van der Waals surface area contributed by atoms with Gasteiger partial charge in [0.1, 0.15) is 22.3 Å². The van der Waals surface area contributed by atoms with Crippen LogP contribution in [0.3, 0.4) is 0 Å². The van der Waals surface area contributed by atoms with E-state index in [1.54, 1.807) is 0 Å². The topological polar surface area (TPSA) is 82.8 Å². The van der Waals surface area contributed by atoms with Crippen molar-refractivity contribution in [2.24, 2.45) is 0 Å². The molecule has 22 rings (SSSR count). The van der Waals surface area contributed by atoms with Crippen molar-refractivity contribution in [1.82, 2.24) is 24.5 Å². The summed E-state index contributed by atoms with van der Waals surface area (Å²) in [7, 11) is 0. The lowest BCUT2D eigenvalue weighted by Crippen LogP contribution is -2.03. The Morgan fingerprint density at radius 2 is 0.743 bits per heavy atom. The summed E-state index contributed by atoms with van der Waals surface area (Å²) >= 11 is 6.11. The number of aromatic nitrogens is 5. The molecule has 0 atom stereocenters. The van der Waals surface area contributed by atoms with E-state index in [1.807, 2.05) is 84.9 Å². The van der Waals surface area contributed by atoms with Crippen LogP contribution in [0.2, 0.25) is 5.28 Å². The Morgan fingerprint density at radius 1 is 0.287 bits per heavy atom. The number of fused-ring (bicyclic) bond motifs is 24. The number of furan rings is 2. The van der Waals surface area contributed by atoms with Gasteiger partial charge in [0.2, 0.25) is 11.2 Å². The molecule has 1 aliphatic rings. The second kappa shape index (κ2) is 23.6. The fourth-order valence-corrected chi connectivity index (χ4v) is 15.9. The summed E-state index contributed by atoms with van der Waals surface area (Å²) in [6.45, 7) is 0. The highest BCUT2D eigenvalue weighted by Crippen LogP contribution is 2.47. The molecule has 0 saturated carbocycles. The van der Waals surface area contributed by atoms with Gasteiger partial charge < -0.3 is 8.83 Å². The Kier molecular flexibility index (Phi) is 13.6. The first-order valence-electron chi connectivity index (χ1n) is 34.1. The van der Waals surface area contributed by atoms with Crippen LogP contribution in [0.4, 0.5) is 0 Å². The summed E-state index contributed by atoms with van der Waals surface area (Å²) in [5, 5.41) is 19.0. The zero-order valence-electron chi connectivity index (χ0n) is 54.3. The molecule has 0 N–H and O–H groups in total. The minimum absolute atomic E-state index is 0.267. The predicted molar refractivity (Wildman–Crippen MR) is 419 cm³/mol. The van der Waals surface area contributed by atoms with Crippen molar-refractivity contribution in [3.8, 4) is 61.8 Å². The molecule has 0 aliphatic heterocycles. The first kappa shape index (κ1) is 58.1. The van der Waals surface area contributed by atoms with Crippen LogP contribution in [0.5, 0.6) is 0 Å². The maximum atomic E-state index is 6.56. The molecule has 5 aromatic heterocycles. The molecule has 0 fully saturated rings. The number of benzene rings is 16. The lowest BCUT2D eigenvalue weighted by molar-refractivity contribution is 0.672. The number of rotatable bonds is 5. The van der Waals surface area contributed by atoms with E-state index >= 15 is 0 Å². The second-order valence-corrected chi connectivity index (χ2v) is 26.3. The van der Waals surface area contributed by atoms with E-state index in [4.69, 9.17) is 30.4 Å². The Labute approximate surface area is 584 Å². The number of para-hydroxylation sites is 3. The van der Waals surface area contributed by atoms with Gasteiger partial charge in [-0.25, -0.2) is 19.9 Å². The Hall–Kier alpha value is -13.1. The fourth-order valence-electron chi connectivity index (χ4n) is 15.7. The van der Waals surface area contributed by atoms with Crippen LogP contribution in [-0.2, 0) is 6.42 Å². The van der Waals surface area contributed by atoms with Gasteiger partial charge in [-0.3, -0.25) is 4.57 Å². The van der Waals surface area contributed by atoms with Crippen molar-refractivity contribution in [2.75, 3.05) is 0 Å². The maximum Gasteiger partial charge on any atom is 0.235 e. The molecule has 7 nitrogen and oxygen atoms in total. The van der Waals surface area contributed by atoms with Gasteiger partial charge in [-0.05, 0) is 156 Å². The highest BCUT2D eigenvalue weighted by molar-refractivity contribution is 6.31. The van der Waals surface area contributed by atoms with Gasteiger partial charge in [0.05, 0.1) is 33.5 Å². The molecular weight excluding hydrogens is 1250 g/mol. The van der Waals surface area contributed by atoms with E-state index in [1.165, 1.54) is 81.9 Å². The molecule has 0 radical (unpaired) electrons. The van der Waals surface area contributed by atoms with Gasteiger partial charge in [0, 0.05) is 65.0 Å². The average Bonchev–Trinajstić information content (AvgIpc) is 1.58. The van der Waals surface area contributed by atoms with Crippen molar-refractivity contribution in [2.45, 2.75) is 6.42 Å². The standard InChI is InChI=1S/C46H27N3O.C27H16O.C20H13ClN2/c1-3-11-28(12-4-1)31-21-25-38-37(27-31)44(30-13-5-2-6-14-30)48-46(47-38)49-39-17-9-7-16-36(39)43-34-22-19-29-20-23-35-32-15-8-10-18-41(32)50-45(35)42(29)33(34)24-26-40(43)49;1-2-6-19-17(5-1)15-18-11-13-22-21(25(18)19)12-9-16-10-14-23-20-7-3-4-8-24(20)28-27(23)26(16)22;21-20-22-18-12-11-16(14-7-3-1-4-8-14)13-17(18)19(23-20)15-9-5-2-6-10-15/h1-27H;1-14H,15H2;1-13H. The molecule has 5 heterocycles. The summed E-state index contributed by atoms with van der Waals surface area (Å²) in [5.41, 5.74) is 21.7. The summed E-state index contributed by atoms with van der Waals surface area (Å²) in [6, 6.07) is 115. The quantitative estimate of drug-likeness (QED) is 0.126. The average molecular weight is 1310 g/mol. The molecule has 101 heavy (non-hydrogen) atoms. The normalized spacial score (nSPS) is 12.0. The van der Waals surface area contributed by atoms with Crippen LogP contribution in [0.1, 0.15) is 11.1 Å². The Morgan fingerprint density at radius 3 is 1.35 bits per heavy atom. The first-order chi connectivity index (χ1) is 50.0. The molecular formula is C93H56ClN5O2.